The van der Waals surface area contributed by atoms with E-state index < -0.39 is 0 Å². The van der Waals surface area contributed by atoms with Crippen molar-refractivity contribution < 1.29 is 14.0 Å². The van der Waals surface area contributed by atoms with Gasteiger partial charge in [0.1, 0.15) is 5.82 Å². The van der Waals surface area contributed by atoms with E-state index in [1.54, 1.807) is 25.2 Å². The number of benzene rings is 1. The summed E-state index contributed by atoms with van der Waals surface area (Å²) in [6.45, 7) is 3.86. The quantitative estimate of drug-likeness (QED) is 0.831. The Kier molecular flexibility index (Phi) is 6.73. The van der Waals surface area contributed by atoms with Gasteiger partial charge in [-0.3, -0.25) is 14.5 Å². The van der Waals surface area contributed by atoms with Gasteiger partial charge in [0, 0.05) is 32.6 Å². The molecule has 6 heteroatoms. The van der Waals surface area contributed by atoms with Crippen molar-refractivity contribution in [3.05, 3.63) is 35.6 Å². The van der Waals surface area contributed by atoms with Crippen LogP contribution < -0.4 is 10.6 Å². The molecule has 132 valence electrons. The number of likely N-dealkylation sites (tertiary alicyclic amines) is 1. The van der Waals surface area contributed by atoms with E-state index in [9.17, 15) is 14.0 Å². The fraction of sp³-hybridized carbons (Fsp3) is 0.556. The van der Waals surface area contributed by atoms with Crippen LogP contribution in [0, 0.1) is 5.82 Å². The van der Waals surface area contributed by atoms with E-state index in [4.69, 9.17) is 0 Å². The van der Waals surface area contributed by atoms with Crippen LogP contribution >= 0.6 is 0 Å². The van der Waals surface area contributed by atoms with E-state index in [1.165, 1.54) is 6.07 Å². The number of carbonyl (C=O) groups is 2. The van der Waals surface area contributed by atoms with Crippen molar-refractivity contribution in [1.29, 1.82) is 0 Å². The first-order chi connectivity index (χ1) is 11.5. The number of rotatable bonds is 6. The van der Waals surface area contributed by atoms with E-state index in [0.29, 0.717) is 12.1 Å². The average molecular weight is 335 g/mol. The third kappa shape index (κ3) is 5.30. The molecular weight excluding hydrogens is 309 g/mol. The normalized spacial score (nSPS) is 17.3. The van der Waals surface area contributed by atoms with Crippen molar-refractivity contribution in [3.8, 4) is 0 Å². The number of hydrogen-bond acceptors (Lipinski definition) is 3. The number of carbonyl (C=O) groups excluding carboxylic acids is 2. The smallest absolute Gasteiger partial charge is 0.233 e. The maximum Gasteiger partial charge on any atom is 0.233 e. The van der Waals surface area contributed by atoms with Crippen molar-refractivity contribution in [2.45, 2.75) is 38.1 Å². The summed E-state index contributed by atoms with van der Waals surface area (Å²) >= 11 is 0. The Morgan fingerprint density at radius 2 is 1.92 bits per heavy atom. The molecule has 0 saturated carbocycles. The van der Waals surface area contributed by atoms with Crippen LogP contribution in [0.4, 0.5) is 4.39 Å². The highest BCUT2D eigenvalue weighted by molar-refractivity contribution is 5.78. The Hall–Kier alpha value is -1.95. The summed E-state index contributed by atoms with van der Waals surface area (Å²) < 4.78 is 13.8. The molecular formula is C18H26FN3O2. The Bertz CT molecular complexity index is 571. The van der Waals surface area contributed by atoms with Crippen LogP contribution in [-0.2, 0) is 9.59 Å². The highest BCUT2D eigenvalue weighted by atomic mass is 19.1. The third-order valence-corrected chi connectivity index (χ3v) is 4.53. The number of nitrogens with one attached hydrogen (secondary N) is 2. The SMILES string of the molecule is CNC(=O)CN1CCC(NC(=O)C[C@H](C)c2ccccc2F)CC1. The second-order valence-electron chi connectivity index (χ2n) is 6.42. The molecule has 2 rings (SSSR count). The molecule has 5 nitrogen and oxygen atoms in total. The van der Waals surface area contributed by atoms with Gasteiger partial charge in [0.15, 0.2) is 0 Å². The number of likely N-dealkylation sites (N-methyl/N-ethyl adjacent to an activating group) is 1. The lowest BCUT2D eigenvalue weighted by Gasteiger charge is -2.32. The highest BCUT2D eigenvalue weighted by Gasteiger charge is 2.23. The highest BCUT2D eigenvalue weighted by Crippen LogP contribution is 2.22. The molecule has 2 N–H and O–H groups in total. The first-order valence-electron chi connectivity index (χ1n) is 8.46. The third-order valence-electron chi connectivity index (χ3n) is 4.53. The lowest BCUT2D eigenvalue weighted by molar-refractivity contribution is -0.124. The van der Waals surface area contributed by atoms with E-state index in [0.717, 1.165) is 25.9 Å². The minimum atomic E-state index is -0.264. The Morgan fingerprint density at radius 1 is 1.25 bits per heavy atom. The van der Waals surface area contributed by atoms with Gasteiger partial charge in [0.25, 0.3) is 0 Å². The Labute approximate surface area is 142 Å². The fourth-order valence-electron chi connectivity index (χ4n) is 3.07. The predicted octanol–water partition coefficient (Wildman–Crippen LogP) is 1.65. The van der Waals surface area contributed by atoms with Gasteiger partial charge in [0.2, 0.25) is 11.8 Å². The second kappa shape index (κ2) is 8.78. The topological polar surface area (TPSA) is 61.4 Å². The summed E-state index contributed by atoms with van der Waals surface area (Å²) in [6.07, 6.45) is 1.94. The maximum atomic E-state index is 13.8. The molecule has 0 unspecified atom stereocenters. The van der Waals surface area contributed by atoms with E-state index in [2.05, 4.69) is 15.5 Å². The molecule has 1 aromatic rings. The van der Waals surface area contributed by atoms with Crippen LogP contribution in [-0.4, -0.2) is 49.4 Å². The van der Waals surface area contributed by atoms with Crippen LogP contribution in [0.5, 0.6) is 0 Å². The lowest BCUT2D eigenvalue weighted by Crippen LogP contribution is -2.47. The van der Waals surface area contributed by atoms with Crippen LogP contribution in [0.1, 0.15) is 37.7 Å². The molecule has 0 radical (unpaired) electrons. The zero-order chi connectivity index (χ0) is 17.5. The molecule has 1 heterocycles. The van der Waals surface area contributed by atoms with Gasteiger partial charge < -0.3 is 10.6 Å². The van der Waals surface area contributed by atoms with Gasteiger partial charge >= 0.3 is 0 Å². The van der Waals surface area contributed by atoms with Crippen molar-refractivity contribution in [1.82, 2.24) is 15.5 Å². The molecule has 0 spiro atoms. The predicted molar refractivity (Wildman–Crippen MR) is 91.1 cm³/mol. The minimum Gasteiger partial charge on any atom is -0.358 e. The minimum absolute atomic E-state index is 0.0104. The van der Waals surface area contributed by atoms with E-state index in [-0.39, 0.29) is 36.0 Å². The van der Waals surface area contributed by atoms with Crippen LogP contribution in [0.15, 0.2) is 24.3 Å². The lowest BCUT2D eigenvalue weighted by atomic mass is 9.96. The number of nitrogens with zero attached hydrogens (tertiary/aromatic N) is 1. The first kappa shape index (κ1) is 18.4. The number of amides is 2. The molecule has 24 heavy (non-hydrogen) atoms. The zero-order valence-electron chi connectivity index (χ0n) is 14.3. The number of halogens is 1. The van der Waals surface area contributed by atoms with Crippen LogP contribution in [0.2, 0.25) is 0 Å². The second-order valence-corrected chi connectivity index (χ2v) is 6.42. The summed E-state index contributed by atoms with van der Waals surface area (Å²) in [6, 6.07) is 6.72. The van der Waals surface area contributed by atoms with E-state index in [1.807, 2.05) is 6.92 Å². The zero-order valence-corrected chi connectivity index (χ0v) is 14.3. The fourth-order valence-corrected chi connectivity index (χ4v) is 3.07. The van der Waals surface area contributed by atoms with Crippen molar-refractivity contribution in [3.63, 3.8) is 0 Å². The summed E-state index contributed by atoms with van der Waals surface area (Å²) in [5, 5.41) is 5.65. The molecule has 1 fully saturated rings. The molecule has 0 bridgehead atoms. The van der Waals surface area contributed by atoms with Crippen molar-refractivity contribution >= 4 is 11.8 Å². The van der Waals surface area contributed by atoms with Gasteiger partial charge in [-0.1, -0.05) is 25.1 Å². The van der Waals surface area contributed by atoms with Crippen molar-refractivity contribution in [2.24, 2.45) is 0 Å². The van der Waals surface area contributed by atoms with Crippen molar-refractivity contribution in [2.75, 3.05) is 26.7 Å². The Morgan fingerprint density at radius 3 is 2.54 bits per heavy atom. The molecule has 1 aromatic carbocycles. The van der Waals surface area contributed by atoms with Crippen LogP contribution in [0.25, 0.3) is 0 Å². The van der Waals surface area contributed by atoms with Gasteiger partial charge in [-0.05, 0) is 30.4 Å². The number of hydrogen-bond donors (Lipinski definition) is 2. The van der Waals surface area contributed by atoms with Gasteiger partial charge in [-0.15, -0.1) is 0 Å². The molecule has 0 aliphatic carbocycles. The summed E-state index contributed by atoms with van der Waals surface area (Å²) in [7, 11) is 1.63. The molecule has 1 saturated heterocycles. The Balaban J connectivity index is 1.75. The summed E-state index contributed by atoms with van der Waals surface area (Å²) in [5.41, 5.74) is 0.577. The molecule has 2 amide bonds. The maximum absolute atomic E-state index is 13.8. The standard InChI is InChI=1S/C18H26FN3O2/c1-13(15-5-3-4-6-16(15)19)11-17(23)21-14-7-9-22(10-8-14)12-18(24)20-2/h3-6,13-14H,7-12H2,1-2H3,(H,20,24)(H,21,23)/t13-/m0/s1. The molecule has 1 aliphatic heterocycles. The molecule has 0 aromatic heterocycles. The van der Waals surface area contributed by atoms with Crippen LogP contribution in [0.3, 0.4) is 0 Å². The largest absolute Gasteiger partial charge is 0.358 e. The van der Waals surface area contributed by atoms with E-state index >= 15 is 0 Å². The van der Waals surface area contributed by atoms with Gasteiger partial charge in [0.05, 0.1) is 6.54 Å². The summed E-state index contributed by atoms with van der Waals surface area (Å²) in [4.78, 5) is 25.7. The van der Waals surface area contributed by atoms with Gasteiger partial charge in [-0.25, -0.2) is 4.39 Å². The molecule has 1 atom stereocenters. The monoisotopic (exact) mass is 335 g/mol. The summed E-state index contributed by atoms with van der Waals surface area (Å²) in [5.74, 6) is -0.452. The average Bonchev–Trinajstić information content (AvgIpc) is 2.56. The number of piperidine rings is 1. The first-order valence-corrected chi connectivity index (χ1v) is 8.46. The van der Waals surface area contributed by atoms with Gasteiger partial charge in [-0.2, -0.15) is 0 Å². The molecule has 1 aliphatic rings.